The van der Waals surface area contributed by atoms with Crippen molar-refractivity contribution in [3.8, 4) is 11.5 Å². The highest BCUT2D eigenvalue weighted by molar-refractivity contribution is 14.1. The molecule has 0 aliphatic heterocycles. The highest BCUT2D eigenvalue weighted by atomic mass is 127. The van der Waals surface area contributed by atoms with Gasteiger partial charge in [0.25, 0.3) is 10.0 Å². The molecule has 0 atom stereocenters. The van der Waals surface area contributed by atoms with E-state index in [-0.39, 0.29) is 10.6 Å². The third kappa shape index (κ3) is 5.85. The van der Waals surface area contributed by atoms with Gasteiger partial charge in [-0.2, -0.15) is 0 Å². The zero-order valence-electron chi connectivity index (χ0n) is 13.9. The van der Waals surface area contributed by atoms with Crippen molar-refractivity contribution in [2.45, 2.75) is 31.2 Å². The molecule has 0 fully saturated rings. The first-order valence-corrected chi connectivity index (χ1v) is 9.85. The molecule has 2 amide bonds. The number of sulfonamides is 1. The number of nitrogens with one attached hydrogen (secondary N) is 2. The van der Waals surface area contributed by atoms with Gasteiger partial charge in [-0.25, -0.2) is 17.9 Å². The van der Waals surface area contributed by atoms with Crippen molar-refractivity contribution in [1.82, 2.24) is 15.0 Å². The summed E-state index contributed by atoms with van der Waals surface area (Å²) in [6.45, 7) is 5.23. The number of hydrogen-bond acceptors (Lipinski definition) is 5. The topological polar surface area (TPSA) is 97.4 Å². The normalized spacial score (nSPS) is 11.7. The Bertz CT molecular complexity index is 879. The Morgan fingerprint density at radius 1 is 1.24 bits per heavy atom. The SMILES string of the molecule is CC(C)(C)NC(=O)NS(=O)(=O)c1cnccc1Oc1cccc(I)c1. The average molecular weight is 475 g/mol. The first-order valence-electron chi connectivity index (χ1n) is 7.29. The largest absolute Gasteiger partial charge is 0.456 e. The van der Waals surface area contributed by atoms with Crippen LogP contribution >= 0.6 is 22.6 Å². The van der Waals surface area contributed by atoms with Gasteiger partial charge < -0.3 is 10.1 Å². The Morgan fingerprint density at radius 2 is 1.96 bits per heavy atom. The Hall–Kier alpha value is -1.88. The molecular formula is C16H18IN3O4S. The number of carbonyl (C=O) groups excluding carboxylic acids is 1. The van der Waals surface area contributed by atoms with Gasteiger partial charge in [0.15, 0.2) is 5.75 Å². The number of ether oxygens (including phenoxy) is 1. The molecule has 2 aromatic rings. The molecule has 0 bridgehead atoms. The second-order valence-electron chi connectivity index (χ2n) is 6.19. The molecule has 0 radical (unpaired) electrons. The maximum absolute atomic E-state index is 12.5. The fraction of sp³-hybridized carbons (Fsp3) is 0.250. The molecule has 0 unspecified atom stereocenters. The lowest BCUT2D eigenvalue weighted by Gasteiger charge is -2.21. The van der Waals surface area contributed by atoms with Crippen molar-refractivity contribution in [2.24, 2.45) is 0 Å². The number of rotatable bonds is 4. The molecule has 0 saturated carbocycles. The Morgan fingerprint density at radius 3 is 2.60 bits per heavy atom. The van der Waals surface area contributed by atoms with E-state index >= 15 is 0 Å². The van der Waals surface area contributed by atoms with Gasteiger partial charge in [0, 0.05) is 21.4 Å². The summed E-state index contributed by atoms with van der Waals surface area (Å²) in [4.78, 5) is 15.5. The van der Waals surface area contributed by atoms with Gasteiger partial charge in [-0.1, -0.05) is 6.07 Å². The monoisotopic (exact) mass is 475 g/mol. The Balaban J connectivity index is 2.28. The van der Waals surface area contributed by atoms with Crippen molar-refractivity contribution >= 4 is 38.6 Å². The van der Waals surface area contributed by atoms with Gasteiger partial charge in [-0.05, 0) is 61.6 Å². The summed E-state index contributed by atoms with van der Waals surface area (Å²) in [6, 6.07) is 7.75. The third-order valence-corrected chi connectivity index (χ3v) is 4.79. The van der Waals surface area contributed by atoms with E-state index in [2.05, 4.69) is 32.9 Å². The fourth-order valence-corrected chi connectivity index (χ4v) is 3.35. The highest BCUT2D eigenvalue weighted by Crippen LogP contribution is 2.28. The first-order chi connectivity index (χ1) is 11.6. The summed E-state index contributed by atoms with van der Waals surface area (Å²) in [5.74, 6) is 0.557. The minimum Gasteiger partial charge on any atom is -0.456 e. The maximum Gasteiger partial charge on any atom is 0.329 e. The van der Waals surface area contributed by atoms with Crippen LogP contribution in [0, 0.1) is 3.57 Å². The van der Waals surface area contributed by atoms with Crippen molar-refractivity contribution < 1.29 is 17.9 Å². The van der Waals surface area contributed by atoms with Gasteiger partial charge in [-0.15, -0.1) is 0 Å². The van der Waals surface area contributed by atoms with E-state index in [0.717, 1.165) is 9.77 Å². The van der Waals surface area contributed by atoms with Crippen LogP contribution in [0.5, 0.6) is 11.5 Å². The van der Waals surface area contributed by atoms with Crippen LogP contribution in [0.2, 0.25) is 0 Å². The lowest BCUT2D eigenvalue weighted by atomic mass is 10.1. The number of nitrogens with zero attached hydrogens (tertiary/aromatic N) is 1. The van der Waals surface area contributed by atoms with Crippen LogP contribution in [-0.2, 0) is 10.0 Å². The standard InChI is InChI=1S/C16H18IN3O4S/c1-16(2,3)19-15(21)20-25(22,23)14-10-18-8-7-13(14)24-12-6-4-5-11(17)9-12/h4-10H,1-3H3,(H2,19,20,21). The highest BCUT2D eigenvalue weighted by Gasteiger charge is 2.25. The molecule has 0 saturated heterocycles. The van der Waals surface area contributed by atoms with Crippen LogP contribution in [0.4, 0.5) is 4.79 Å². The molecule has 1 aromatic heterocycles. The van der Waals surface area contributed by atoms with E-state index in [1.165, 1.54) is 12.3 Å². The van der Waals surface area contributed by atoms with Gasteiger partial charge in [0.05, 0.1) is 6.20 Å². The first kappa shape index (κ1) is 19.4. The molecule has 7 nitrogen and oxygen atoms in total. The Labute approximate surface area is 160 Å². The summed E-state index contributed by atoms with van der Waals surface area (Å²) >= 11 is 2.13. The van der Waals surface area contributed by atoms with E-state index in [1.807, 2.05) is 10.8 Å². The summed E-state index contributed by atoms with van der Waals surface area (Å²) < 4.78 is 33.6. The Kier molecular flexibility index (Phi) is 5.88. The lowest BCUT2D eigenvalue weighted by Crippen LogP contribution is -2.48. The fourth-order valence-electron chi connectivity index (χ4n) is 1.85. The molecule has 2 N–H and O–H groups in total. The van der Waals surface area contributed by atoms with Crippen LogP contribution in [0.25, 0.3) is 0 Å². The summed E-state index contributed by atoms with van der Waals surface area (Å²) in [5, 5.41) is 2.53. The maximum atomic E-state index is 12.5. The van der Waals surface area contributed by atoms with Crippen molar-refractivity contribution in [2.75, 3.05) is 0 Å². The number of pyridine rings is 1. The smallest absolute Gasteiger partial charge is 0.329 e. The number of aromatic nitrogens is 1. The zero-order chi connectivity index (χ0) is 18.7. The molecule has 1 aromatic carbocycles. The van der Waals surface area contributed by atoms with Crippen LogP contribution in [-0.4, -0.2) is 25.0 Å². The summed E-state index contributed by atoms with van der Waals surface area (Å²) in [5.41, 5.74) is -0.575. The molecule has 0 aliphatic rings. The molecule has 0 aliphatic carbocycles. The summed E-state index contributed by atoms with van der Waals surface area (Å²) in [6.07, 6.45) is 2.55. The number of urea groups is 1. The van der Waals surface area contributed by atoms with E-state index in [1.54, 1.807) is 39.0 Å². The molecule has 25 heavy (non-hydrogen) atoms. The van der Waals surface area contributed by atoms with Crippen molar-refractivity contribution in [3.63, 3.8) is 0 Å². The third-order valence-electron chi connectivity index (χ3n) is 2.78. The molecule has 0 spiro atoms. The zero-order valence-corrected chi connectivity index (χ0v) is 16.9. The van der Waals surface area contributed by atoms with Crippen LogP contribution in [0.15, 0.2) is 47.6 Å². The van der Waals surface area contributed by atoms with E-state index < -0.39 is 21.6 Å². The lowest BCUT2D eigenvalue weighted by molar-refractivity contribution is 0.237. The molecule has 1 heterocycles. The average Bonchev–Trinajstić information content (AvgIpc) is 2.45. The number of benzene rings is 1. The molecular weight excluding hydrogens is 457 g/mol. The van der Waals surface area contributed by atoms with Gasteiger partial charge >= 0.3 is 6.03 Å². The van der Waals surface area contributed by atoms with Gasteiger partial charge in [0.2, 0.25) is 0 Å². The second-order valence-corrected chi connectivity index (χ2v) is 9.09. The summed E-state index contributed by atoms with van der Waals surface area (Å²) in [7, 11) is -4.14. The number of halogens is 1. The quantitative estimate of drug-likeness (QED) is 0.662. The van der Waals surface area contributed by atoms with Crippen LogP contribution in [0.3, 0.4) is 0 Å². The predicted molar refractivity (Wildman–Crippen MR) is 102 cm³/mol. The van der Waals surface area contributed by atoms with Crippen LogP contribution < -0.4 is 14.8 Å². The number of carbonyl (C=O) groups is 1. The second kappa shape index (κ2) is 7.56. The van der Waals surface area contributed by atoms with Crippen molar-refractivity contribution in [3.05, 3.63) is 46.3 Å². The van der Waals surface area contributed by atoms with E-state index in [0.29, 0.717) is 5.75 Å². The van der Waals surface area contributed by atoms with Gasteiger partial charge in [0.1, 0.15) is 10.6 Å². The van der Waals surface area contributed by atoms with E-state index in [9.17, 15) is 13.2 Å². The minimum absolute atomic E-state index is 0.0769. The number of amides is 2. The van der Waals surface area contributed by atoms with Crippen molar-refractivity contribution in [1.29, 1.82) is 0 Å². The minimum atomic E-state index is -4.14. The van der Waals surface area contributed by atoms with Crippen LogP contribution in [0.1, 0.15) is 20.8 Å². The predicted octanol–water partition coefficient (Wildman–Crippen LogP) is 3.26. The molecule has 9 heteroatoms. The van der Waals surface area contributed by atoms with Gasteiger partial charge in [-0.3, -0.25) is 4.98 Å². The molecule has 2 rings (SSSR count). The number of hydrogen-bond donors (Lipinski definition) is 2. The molecule has 134 valence electrons. The van der Waals surface area contributed by atoms with E-state index in [4.69, 9.17) is 4.74 Å².